The van der Waals surface area contributed by atoms with Crippen molar-refractivity contribution in [1.82, 2.24) is 4.31 Å². The zero-order chi connectivity index (χ0) is 15.3. The number of aliphatic hydroxyl groups excluding tert-OH is 1. The lowest BCUT2D eigenvalue weighted by Gasteiger charge is -2.21. The fourth-order valence-corrected chi connectivity index (χ4v) is 3.83. The van der Waals surface area contributed by atoms with Crippen LogP contribution in [0.4, 0.5) is 4.39 Å². The molecule has 0 aliphatic heterocycles. The molecule has 0 amide bonds. The molecule has 0 aliphatic carbocycles. The van der Waals surface area contributed by atoms with Crippen LogP contribution in [-0.4, -0.2) is 37.5 Å². The Morgan fingerprint density at radius 1 is 1.30 bits per heavy atom. The molecule has 0 bridgehead atoms. The lowest BCUT2D eigenvalue weighted by molar-refractivity contribution is 0.252. The van der Waals surface area contributed by atoms with Gasteiger partial charge in [-0.3, -0.25) is 0 Å². The first-order chi connectivity index (χ1) is 9.36. The summed E-state index contributed by atoms with van der Waals surface area (Å²) in [6.07, 6.45) is 1.42. The summed E-state index contributed by atoms with van der Waals surface area (Å²) in [6.45, 7) is 1.76. The second-order valence-corrected chi connectivity index (χ2v) is 6.85. The first-order valence-corrected chi connectivity index (χ1v) is 8.30. The van der Waals surface area contributed by atoms with Gasteiger partial charge in [-0.1, -0.05) is 36.5 Å². The molecular weight excluding hydrogens is 328 g/mol. The predicted molar refractivity (Wildman–Crippen MR) is 77.2 cm³/mol. The topological polar surface area (TPSA) is 57.6 Å². The van der Waals surface area contributed by atoms with Crippen LogP contribution < -0.4 is 0 Å². The lowest BCUT2D eigenvalue weighted by Crippen LogP contribution is -2.34. The highest BCUT2D eigenvalue weighted by molar-refractivity contribution is 7.89. The molecule has 0 unspecified atom stereocenters. The fraction of sp³-hybridized carbons (Fsp3) is 0.500. The number of sulfonamides is 1. The Hall–Kier alpha value is -0.400. The summed E-state index contributed by atoms with van der Waals surface area (Å²) < 4.78 is 39.6. The van der Waals surface area contributed by atoms with Crippen LogP contribution in [0.3, 0.4) is 0 Å². The van der Waals surface area contributed by atoms with Crippen LogP contribution in [0, 0.1) is 5.82 Å². The summed E-state index contributed by atoms with van der Waals surface area (Å²) in [4.78, 5) is -0.342. The lowest BCUT2D eigenvalue weighted by atomic mass is 10.3. The molecule has 0 aliphatic rings. The Kier molecular flexibility index (Phi) is 6.68. The Balaban J connectivity index is 3.22. The molecule has 1 aromatic rings. The molecule has 4 nitrogen and oxygen atoms in total. The number of hydrogen-bond donors (Lipinski definition) is 1. The first-order valence-electron chi connectivity index (χ1n) is 6.10. The van der Waals surface area contributed by atoms with Crippen molar-refractivity contribution in [2.24, 2.45) is 0 Å². The van der Waals surface area contributed by atoms with Crippen molar-refractivity contribution >= 4 is 33.2 Å². The van der Waals surface area contributed by atoms with Gasteiger partial charge in [0.2, 0.25) is 10.0 Å². The smallest absolute Gasteiger partial charge is 0.244 e. The third-order valence-electron chi connectivity index (χ3n) is 2.73. The van der Waals surface area contributed by atoms with Crippen molar-refractivity contribution in [1.29, 1.82) is 0 Å². The highest BCUT2D eigenvalue weighted by Crippen LogP contribution is 2.31. The fourth-order valence-electron chi connectivity index (χ4n) is 1.64. The molecule has 0 radical (unpaired) electrons. The van der Waals surface area contributed by atoms with E-state index in [-0.39, 0.29) is 29.6 Å². The Morgan fingerprint density at radius 2 is 1.95 bits per heavy atom. The minimum Gasteiger partial charge on any atom is -0.395 e. The summed E-state index contributed by atoms with van der Waals surface area (Å²) in [5.74, 6) is -0.964. The molecular formula is C12H16Cl2FNO3S. The van der Waals surface area contributed by atoms with E-state index in [1.807, 2.05) is 6.92 Å². The summed E-state index contributed by atoms with van der Waals surface area (Å²) in [5.41, 5.74) is 0. The van der Waals surface area contributed by atoms with Gasteiger partial charge in [-0.05, 0) is 18.6 Å². The van der Waals surface area contributed by atoms with E-state index in [1.165, 1.54) is 6.07 Å². The van der Waals surface area contributed by atoms with Crippen molar-refractivity contribution in [3.05, 3.63) is 28.0 Å². The number of aliphatic hydroxyl groups is 1. The average molecular weight is 344 g/mol. The van der Waals surface area contributed by atoms with Gasteiger partial charge in [0.05, 0.1) is 16.7 Å². The van der Waals surface area contributed by atoms with Crippen LogP contribution in [0.1, 0.15) is 19.8 Å². The van der Waals surface area contributed by atoms with E-state index in [9.17, 15) is 12.8 Å². The monoisotopic (exact) mass is 343 g/mol. The number of unbranched alkanes of at least 4 members (excludes halogenated alkanes) is 1. The summed E-state index contributed by atoms with van der Waals surface area (Å²) in [6, 6.07) is 2.31. The standard InChI is InChI=1S/C12H16Cl2FNO3S/c1-2-3-6-16(7-8-17)20(18,19)10-5-4-9(13)12(15)11(10)14/h4-5,17H,2-3,6-8H2,1H3. The third-order valence-corrected chi connectivity index (χ3v) is 5.44. The van der Waals surface area contributed by atoms with Crippen LogP contribution in [-0.2, 0) is 10.0 Å². The van der Waals surface area contributed by atoms with E-state index in [1.54, 1.807) is 0 Å². The molecule has 0 atom stereocenters. The van der Waals surface area contributed by atoms with Gasteiger partial charge in [0, 0.05) is 13.1 Å². The molecule has 114 valence electrons. The predicted octanol–water partition coefficient (Wildman–Crippen LogP) is 2.92. The largest absolute Gasteiger partial charge is 0.395 e. The number of benzene rings is 1. The molecule has 0 spiro atoms. The molecule has 20 heavy (non-hydrogen) atoms. The van der Waals surface area contributed by atoms with Crippen LogP contribution in [0.25, 0.3) is 0 Å². The summed E-state index contributed by atoms with van der Waals surface area (Å²) in [5, 5.41) is 8.21. The third kappa shape index (κ3) is 3.83. The van der Waals surface area contributed by atoms with Gasteiger partial charge in [-0.15, -0.1) is 0 Å². The highest BCUT2D eigenvalue weighted by atomic mass is 35.5. The number of nitrogens with zero attached hydrogens (tertiary/aromatic N) is 1. The van der Waals surface area contributed by atoms with Gasteiger partial charge in [-0.2, -0.15) is 4.31 Å². The molecule has 0 saturated heterocycles. The van der Waals surface area contributed by atoms with Crippen molar-refractivity contribution in [3.8, 4) is 0 Å². The molecule has 0 saturated carbocycles. The molecule has 1 aromatic carbocycles. The number of halogens is 3. The van der Waals surface area contributed by atoms with Crippen molar-refractivity contribution in [3.63, 3.8) is 0 Å². The van der Waals surface area contributed by atoms with Gasteiger partial charge < -0.3 is 5.11 Å². The first kappa shape index (κ1) is 17.7. The van der Waals surface area contributed by atoms with E-state index < -0.39 is 20.9 Å². The van der Waals surface area contributed by atoms with Crippen LogP contribution >= 0.6 is 23.2 Å². The molecule has 0 heterocycles. The van der Waals surface area contributed by atoms with Crippen LogP contribution in [0.5, 0.6) is 0 Å². The van der Waals surface area contributed by atoms with E-state index in [4.69, 9.17) is 28.3 Å². The second kappa shape index (κ2) is 7.56. The maximum absolute atomic E-state index is 13.6. The van der Waals surface area contributed by atoms with E-state index >= 15 is 0 Å². The molecule has 1 N–H and O–H groups in total. The van der Waals surface area contributed by atoms with Crippen LogP contribution in [0.2, 0.25) is 10.0 Å². The van der Waals surface area contributed by atoms with Crippen molar-refractivity contribution in [2.75, 3.05) is 19.7 Å². The average Bonchev–Trinajstić information content (AvgIpc) is 2.40. The van der Waals surface area contributed by atoms with Gasteiger partial charge in [0.1, 0.15) is 4.90 Å². The van der Waals surface area contributed by atoms with Gasteiger partial charge in [0.15, 0.2) is 5.82 Å². The van der Waals surface area contributed by atoms with Gasteiger partial charge >= 0.3 is 0 Å². The molecule has 1 rings (SSSR count). The zero-order valence-corrected chi connectivity index (χ0v) is 13.3. The Labute approximate surface area is 128 Å². The SMILES string of the molecule is CCCCN(CCO)S(=O)(=O)c1ccc(Cl)c(F)c1Cl. The second-order valence-electron chi connectivity index (χ2n) is 4.15. The maximum atomic E-state index is 13.6. The van der Waals surface area contributed by atoms with Gasteiger partial charge in [0.25, 0.3) is 0 Å². The highest BCUT2D eigenvalue weighted by Gasteiger charge is 2.28. The normalized spacial score (nSPS) is 12.1. The molecule has 0 fully saturated rings. The van der Waals surface area contributed by atoms with E-state index in [0.717, 1.165) is 16.8 Å². The van der Waals surface area contributed by atoms with E-state index in [2.05, 4.69) is 0 Å². The van der Waals surface area contributed by atoms with Gasteiger partial charge in [-0.25, -0.2) is 12.8 Å². The Bertz CT molecular complexity index is 566. The quantitative estimate of drug-likeness (QED) is 0.774. The molecule has 8 heteroatoms. The number of rotatable bonds is 7. The van der Waals surface area contributed by atoms with Crippen molar-refractivity contribution < 1.29 is 17.9 Å². The van der Waals surface area contributed by atoms with Crippen LogP contribution in [0.15, 0.2) is 17.0 Å². The summed E-state index contributed by atoms with van der Waals surface area (Å²) >= 11 is 11.3. The van der Waals surface area contributed by atoms with Crippen molar-refractivity contribution in [2.45, 2.75) is 24.7 Å². The minimum absolute atomic E-state index is 0.0666. The number of hydrogen-bond acceptors (Lipinski definition) is 3. The maximum Gasteiger partial charge on any atom is 0.244 e. The zero-order valence-electron chi connectivity index (χ0n) is 10.9. The minimum atomic E-state index is -3.96. The Morgan fingerprint density at radius 3 is 2.50 bits per heavy atom. The van der Waals surface area contributed by atoms with E-state index in [0.29, 0.717) is 6.42 Å². The summed E-state index contributed by atoms with van der Waals surface area (Å²) in [7, 11) is -3.96. The molecule has 0 aromatic heterocycles.